The Bertz CT molecular complexity index is 247. The Morgan fingerprint density at radius 1 is 1.24 bits per heavy atom. The molecule has 1 rings (SSSR count). The zero-order valence-electron chi connectivity index (χ0n) is 12.3. The Hall–Kier alpha value is -0.120. The summed E-state index contributed by atoms with van der Waals surface area (Å²) in [4.78, 5) is 0. The third-order valence-corrected chi connectivity index (χ3v) is 4.33. The molecular weight excluding hydrogens is 212 g/mol. The molecule has 1 heterocycles. The van der Waals surface area contributed by atoms with Crippen molar-refractivity contribution in [1.29, 1.82) is 0 Å². The van der Waals surface area contributed by atoms with Gasteiger partial charge >= 0.3 is 0 Å². The second kappa shape index (κ2) is 5.25. The first kappa shape index (κ1) is 14.9. The van der Waals surface area contributed by atoms with Crippen LogP contribution in [-0.2, 0) is 4.74 Å². The lowest BCUT2D eigenvalue weighted by molar-refractivity contribution is -0.0798. The summed E-state index contributed by atoms with van der Waals surface area (Å²) < 4.78 is 6.18. The van der Waals surface area contributed by atoms with E-state index in [4.69, 9.17) is 10.6 Å². The van der Waals surface area contributed by atoms with E-state index in [0.29, 0.717) is 17.9 Å². The van der Waals surface area contributed by atoms with Gasteiger partial charge in [-0.15, -0.1) is 0 Å². The molecule has 3 N–H and O–H groups in total. The summed E-state index contributed by atoms with van der Waals surface area (Å²) in [6, 6.07) is 0.349. The average molecular weight is 242 g/mol. The summed E-state index contributed by atoms with van der Waals surface area (Å²) in [7, 11) is 0. The van der Waals surface area contributed by atoms with Gasteiger partial charge in [0.15, 0.2) is 0 Å². The minimum absolute atomic E-state index is 0.0324. The van der Waals surface area contributed by atoms with E-state index in [9.17, 15) is 0 Å². The fraction of sp³-hybridized carbons (Fsp3) is 1.00. The summed E-state index contributed by atoms with van der Waals surface area (Å²) in [5, 5.41) is 0. The molecule has 2 atom stereocenters. The molecule has 0 aromatic rings. The molecule has 1 fully saturated rings. The minimum Gasteiger partial charge on any atom is -0.369 e. The Labute approximate surface area is 106 Å². The molecule has 1 aliphatic heterocycles. The van der Waals surface area contributed by atoms with E-state index in [1.165, 1.54) is 12.8 Å². The van der Waals surface area contributed by atoms with E-state index >= 15 is 0 Å². The van der Waals surface area contributed by atoms with Crippen molar-refractivity contribution in [3.05, 3.63) is 0 Å². The maximum absolute atomic E-state index is 6.18. The van der Waals surface area contributed by atoms with E-state index in [2.05, 4.69) is 47.0 Å². The first-order valence-electron chi connectivity index (χ1n) is 6.93. The molecule has 0 amide bonds. The van der Waals surface area contributed by atoms with Crippen LogP contribution in [-0.4, -0.2) is 17.2 Å². The van der Waals surface area contributed by atoms with Crippen LogP contribution in [0.3, 0.4) is 0 Å². The quantitative estimate of drug-likeness (QED) is 0.575. The van der Waals surface area contributed by atoms with Crippen LogP contribution in [0.5, 0.6) is 0 Å². The van der Waals surface area contributed by atoms with Crippen LogP contribution in [0.2, 0.25) is 0 Å². The number of ether oxygens (including phenoxy) is 1. The Morgan fingerprint density at radius 3 is 2.06 bits per heavy atom. The van der Waals surface area contributed by atoms with Crippen molar-refractivity contribution in [2.24, 2.45) is 17.7 Å². The van der Waals surface area contributed by atoms with Crippen molar-refractivity contribution in [3.63, 3.8) is 0 Å². The van der Waals surface area contributed by atoms with Crippen molar-refractivity contribution in [3.8, 4) is 0 Å². The zero-order valence-corrected chi connectivity index (χ0v) is 12.3. The van der Waals surface area contributed by atoms with Gasteiger partial charge in [0.25, 0.3) is 0 Å². The fourth-order valence-electron chi connectivity index (χ4n) is 3.54. The smallest absolute Gasteiger partial charge is 0.0678 e. The van der Waals surface area contributed by atoms with Crippen LogP contribution < -0.4 is 11.3 Å². The predicted molar refractivity (Wildman–Crippen MR) is 72.5 cm³/mol. The van der Waals surface area contributed by atoms with E-state index in [1.54, 1.807) is 0 Å². The maximum atomic E-state index is 6.18. The summed E-state index contributed by atoms with van der Waals surface area (Å²) in [5.41, 5.74) is 2.93. The van der Waals surface area contributed by atoms with Gasteiger partial charge in [-0.2, -0.15) is 0 Å². The van der Waals surface area contributed by atoms with Crippen LogP contribution in [0.4, 0.5) is 0 Å². The molecule has 102 valence electrons. The van der Waals surface area contributed by atoms with Gasteiger partial charge in [-0.05, 0) is 40.0 Å². The van der Waals surface area contributed by atoms with Crippen LogP contribution in [0.1, 0.15) is 60.8 Å². The SMILES string of the molecule is CCC(CC)C(NN)C1CC(C)(C)OC1(C)C. The molecule has 0 aliphatic carbocycles. The largest absolute Gasteiger partial charge is 0.369 e. The van der Waals surface area contributed by atoms with E-state index < -0.39 is 0 Å². The lowest BCUT2D eigenvalue weighted by atomic mass is 9.75. The highest BCUT2D eigenvalue weighted by molar-refractivity contribution is 5.00. The Balaban J connectivity index is 2.89. The van der Waals surface area contributed by atoms with Crippen LogP contribution in [0.15, 0.2) is 0 Å². The predicted octanol–water partition coefficient (Wildman–Crippen LogP) is 2.85. The topological polar surface area (TPSA) is 47.3 Å². The highest BCUT2D eigenvalue weighted by atomic mass is 16.5. The molecule has 1 aliphatic rings. The van der Waals surface area contributed by atoms with E-state index in [1.807, 2.05) is 0 Å². The number of hydrazine groups is 1. The summed E-state index contributed by atoms with van der Waals surface area (Å²) in [6.07, 6.45) is 3.40. The number of hydrogen-bond acceptors (Lipinski definition) is 3. The van der Waals surface area contributed by atoms with Crippen LogP contribution in [0.25, 0.3) is 0 Å². The monoisotopic (exact) mass is 242 g/mol. The Morgan fingerprint density at radius 2 is 1.76 bits per heavy atom. The van der Waals surface area contributed by atoms with Crippen molar-refractivity contribution in [2.45, 2.75) is 78.0 Å². The zero-order chi connectivity index (χ0) is 13.3. The number of hydrogen-bond donors (Lipinski definition) is 2. The average Bonchev–Trinajstić information content (AvgIpc) is 2.43. The molecule has 0 radical (unpaired) electrons. The van der Waals surface area contributed by atoms with Crippen molar-refractivity contribution >= 4 is 0 Å². The van der Waals surface area contributed by atoms with Crippen molar-refractivity contribution in [1.82, 2.24) is 5.43 Å². The molecule has 2 unspecified atom stereocenters. The van der Waals surface area contributed by atoms with E-state index in [-0.39, 0.29) is 11.2 Å². The van der Waals surface area contributed by atoms with Gasteiger partial charge in [-0.1, -0.05) is 26.7 Å². The van der Waals surface area contributed by atoms with Gasteiger partial charge in [0.05, 0.1) is 11.2 Å². The molecular formula is C14H30N2O. The highest BCUT2D eigenvalue weighted by Crippen LogP contribution is 2.45. The van der Waals surface area contributed by atoms with Crippen molar-refractivity contribution < 1.29 is 4.74 Å². The molecule has 0 aromatic carbocycles. The van der Waals surface area contributed by atoms with E-state index in [0.717, 1.165) is 6.42 Å². The summed E-state index contributed by atoms with van der Waals surface area (Å²) in [6.45, 7) is 13.2. The molecule has 0 bridgehead atoms. The number of rotatable bonds is 5. The lowest BCUT2D eigenvalue weighted by Crippen LogP contribution is -2.51. The summed E-state index contributed by atoms with van der Waals surface area (Å²) >= 11 is 0. The third kappa shape index (κ3) is 3.21. The second-order valence-electron chi connectivity index (χ2n) is 6.54. The van der Waals surface area contributed by atoms with Gasteiger partial charge < -0.3 is 4.74 Å². The lowest BCUT2D eigenvalue weighted by Gasteiger charge is -2.36. The van der Waals surface area contributed by atoms with Crippen LogP contribution >= 0.6 is 0 Å². The number of nitrogens with one attached hydrogen (secondary N) is 1. The third-order valence-electron chi connectivity index (χ3n) is 4.33. The molecule has 1 saturated heterocycles. The van der Waals surface area contributed by atoms with Gasteiger partial charge in [-0.25, -0.2) is 0 Å². The van der Waals surface area contributed by atoms with Gasteiger partial charge in [0, 0.05) is 12.0 Å². The normalized spacial score (nSPS) is 28.6. The maximum Gasteiger partial charge on any atom is 0.0678 e. The van der Waals surface area contributed by atoms with Crippen molar-refractivity contribution in [2.75, 3.05) is 0 Å². The molecule has 3 heteroatoms. The fourth-order valence-corrected chi connectivity index (χ4v) is 3.54. The molecule has 0 spiro atoms. The second-order valence-corrected chi connectivity index (χ2v) is 6.54. The molecule has 3 nitrogen and oxygen atoms in total. The first-order chi connectivity index (χ1) is 7.77. The van der Waals surface area contributed by atoms with Crippen LogP contribution in [0, 0.1) is 11.8 Å². The van der Waals surface area contributed by atoms with Gasteiger partial charge in [-0.3, -0.25) is 11.3 Å². The van der Waals surface area contributed by atoms with Gasteiger partial charge in [0.2, 0.25) is 0 Å². The molecule has 0 aromatic heterocycles. The number of nitrogens with two attached hydrogens (primary N) is 1. The highest BCUT2D eigenvalue weighted by Gasteiger charge is 2.49. The molecule has 17 heavy (non-hydrogen) atoms. The van der Waals surface area contributed by atoms with Gasteiger partial charge in [0.1, 0.15) is 0 Å². The summed E-state index contributed by atoms with van der Waals surface area (Å²) in [5.74, 6) is 6.91. The first-order valence-corrected chi connectivity index (χ1v) is 6.93. The molecule has 0 saturated carbocycles. The standard InChI is InChI=1S/C14H30N2O/c1-7-10(8-2)12(16-15)11-9-13(3,4)17-14(11,5)6/h10-12,16H,7-9,15H2,1-6H3. The minimum atomic E-state index is -0.0941. The Kier molecular flexibility index (Phi) is 4.61.